The van der Waals surface area contributed by atoms with Crippen LogP contribution < -0.4 is 4.90 Å². The van der Waals surface area contributed by atoms with Gasteiger partial charge >= 0.3 is 0 Å². The highest BCUT2D eigenvalue weighted by atomic mass is 35.5. The number of halogens is 1. The number of imide groups is 1. The molecule has 2 aromatic carbocycles. The quantitative estimate of drug-likeness (QED) is 0.245. The Morgan fingerprint density at radius 2 is 1.89 bits per heavy atom. The van der Waals surface area contributed by atoms with Crippen molar-refractivity contribution in [1.82, 2.24) is 4.90 Å². The molecule has 2 amide bonds. The van der Waals surface area contributed by atoms with Gasteiger partial charge in [0.05, 0.1) is 39.4 Å². The Hall–Kier alpha value is -3.52. The minimum atomic E-state index is -0.720. The Bertz CT molecular complexity index is 1300. The van der Waals surface area contributed by atoms with Crippen LogP contribution in [-0.2, 0) is 9.53 Å². The average molecular weight is 538 g/mol. The van der Waals surface area contributed by atoms with Crippen LogP contribution in [0.2, 0.25) is 0 Å². The van der Waals surface area contributed by atoms with Crippen LogP contribution in [0, 0.1) is 24.2 Å². The number of nitrogens with zero attached hydrogens (tertiary/aromatic N) is 5. The first-order valence-electron chi connectivity index (χ1n) is 11.5. The number of nitriles is 1. The van der Waals surface area contributed by atoms with Crippen molar-refractivity contribution in [2.75, 3.05) is 38.3 Å². The fourth-order valence-corrected chi connectivity index (χ4v) is 5.53. The number of allylic oxidation sites excluding steroid dienone is 1. The van der Waals surface area contributed by atoms with Crippen molar-refractivity contribution in [3.8, 4) is 6.07 Å². The van der Waals surface area contributed by atoms with Gasteiger partial charge in [-0.2, -0.15) is 15.5 Å². The molecule has 2 atom stereocenters. The number of fused-ring (bicyclic) bond motifs is 1. The Morgan fingerprint density at radius 3 is 2.49 bits per heavy atom. The van der Waals surface area contributed by atoms with Crippen LogP contribution in [0.25, 0.3) is 0 Å². The van der Waals surface area contributed by atoms with Crippen molar-refractivity contribution in [3.05, 3.63) is 69.1 Å². The van der Waals surface area contributed by atoms with E-state index < -0.39 is 11.3 Å². The van der Waals surface area contributed by atoms with E-state index in [9.17, 15) is 19.6 Å². The SMILES string of the molecule is COCCN(CCN1C(=O)c2ccccc2C1=O)c1ccc(N=NC2SC(C=O)=C(Cl)C2C#N)c(C)c1. The van der Waals surface area contributed by atoms with E-state index in [0.717, 1.165) is 23.0 Å². The highest BCUT2D eigenvalue weighted by Crippen LogP contribution is 2.44. The highest BCUT2D eigenvalue weighted by molar-refractivity contribution is 8.04. The van der Waals surface area contributed by atoms with Gasteiger partial charge < -0.3 is 9.64 Å². The molecule has 37 heavy (non-hydrogen) atoms. The molecule has 2 aliphatic heterocycles. The maximum Gasteiger partial charge on any atom is 0.261 e. The Labute approximate surface area is 223 Å². The number of carbonyl (C=O) groups excluding carboxylic acids is 3. The predicted molar refractivity (Wildman–Crippen MR) is 141 cm³/mol. The topological polar surface area (TPSA) is 115 Å². The van der Waals surface area contributed by atoms with Crippen LogP contribution in [0.1, 0.15) is 26.3 Å². The Morgan fingerprint density at radius 1 is 1.19 bits per heavy atom. The van der Waals surface area contributed by atoms with Gasteiger partial charge in [0, 0.05) is 32.4 Å². The molecule has 0 fully saturated rings. The van der Waals surface area contributed by atoms with Gasteiger partial charge in [0.2, 0.25) is 0 Å². The van der Waals surface area contributed by atoms with Crippen molar-refractivity contribution in [1.29, 1.82) is 5.26 Å². The van der Waals surface area contributed by atoms with Crippen molar-refractivity contribution in [3.63, 3.8) is 0 Å². The number of aryl methyl sites for hydroxylation is 1. The monoisotopic (exact) mass is 537 g/mol. The molecular formula is C26H24ClN5O4S. The van der Waals surface area contributed by atoms with Crippen LogP contribution in [0.3, 0.4) is 0 Å². The van der Waals surface area contributed by atoms with Crippen LogP contribution in [0.15, 0.2) is 62.6 Å². The van der Waals surface area contributed by atoms with Gasteiger partial charge in [-0.25, -0.2) is 0 Å². The number of azo groups is 1. The molecule has 0 aliphatic carbocycles. The summed E-state index contributed by atoms with van der Waals surface area (Å²) in [5, 5.41) is 17.6. The molecule has 2 unspecified atom stereocenters. The molecule has 0 saturated heterocycles. The molecule has 0 N–H and O–H groups in total. The van der Waals surface area contributed by atoms with E-state index in [1.807, 2.05) is 30.0 Å². The number of anilines is 1. The Kier molecular flexibility index (Phi) is 8.38. The second kappa shape index (κ2) is 11.7. The zero-order valence-corrected chi connectivity index (χ0v) is 21.8. The van der Waals surface area contributed by atoms with Crippen LogP contribution >= 0.6 is 23.4 Å². The lowest BCUT2D eigenvalue weighted by Crippen LogP contribution is -2.39. The van der Waals surface area contributed by atoms with Gasteiger partial charge in [-0.1, -0.05) is 35.5 Å². The summed E-state index contributed by atoms with van der Waals surface area (Å²) in [5.74, 6) is -1.29. The number of hydrogen-bond donors (Lipinski definition) is 0. The van der Waals surface area contributed by atoms with Crippen molar-refractivity contribution >= 4 is 52.8 Å². The second-order valence-corrected chi connectivity index (χ2v) is 9.98. The van der Waals surface area contributed by atoms with E-state index in [2.05, 4.69) is 16.3 Å². The summed E-state index contributed by atoms with van der Waals surface area (Å²) >= 11 is 7.24. The van der Waals surface area contributed by atoms with E-state index in [4.69, 9.17) is 16.3 Å². The number of methoxy groups -OCH3 is 1. The Balaban J connectivity index is 1.47. The molecule has 190 valence electrons. The zero-order valence-electron chi connectivity index (χ0n) is 20.3. The third-order valence-corrected chi connectivity index (χ3v) is 7.88. The summed E-state index contributed by atoms with van der Waals surface area (Å²) < 4.78 is 5.26. The smallest absolute Gasteiger partial charge is 0.261 e. The second-order valence-electron chi connectivity index (χ2n) is 8.42. The maximum absolute atomic E-state index is 12.7. The third kappa shape index (κ3) is 5.44. The van der Waals surface area contributed by atoms with Gasteiger partial charge in [-0.15, -0.1) is 0 Å². The first-order valence-corrected chi connectivity index (χ1v) is 12.8. The van der Waals surface area contributed by atoms with Crippen LogP contribution in [0.5, 0.6) is 0 Å². The number of rotatable bonds is 10. The average Bonchev–Trinajstić information content (AvgIpc) is 3.35. The molecule has 0 spiro atoms. The zero-order chi connectivity index (χ0) is 26.5. The van der Waals surface area contributed by atoms with E-state index in [1.54, 1.807) is 31.4 Å². The number of hydrogen-bond acceptors (Lipinski definition) is 9. The van der Waals surface area contributed by atoms with Gasteiger partial charge in [0.15, 0.2) is 6.29 Å². The predicted octanol–water partition coefficient (Wildman–Crippen LogP) is 4.69. The first kappa shape index (κ1) is 26.5. The number of carbonyl (C=O) groups is 3. The normalized spacial score (nSPS) is 19.0. The molecule has 11 heteroatoms. The van der Waals surface area contributed by atoms with E-state index in [0.29, 0.717) is 47.7 Å². The number of amides is 2. The first-order chi connectivity index (χ1) is 17.9. The third-order valence-electron chi connectivity index (χ3n) is 6.15. The standard InChI is InChI=1S/C26H24ClN5O4S/c1-16-13-17(7-8-21(16)29-30-24-20(14-28)23(27)22(15-33)37-24)31(11-12-36-2)9-10-32-25(34)18-5-3-4-6-19(18)26(32)35/h3-8,13,15,20,24H,9-12H2,1-2H3. The highest BCUT2D eigenvalue weighted by Gasteiger charge is 2.36. The summed E-state index contributed by atoms with van der Waals surface area (Å²) in [5.41, 5.74) is 3.19. The lowest BCUT2D eigenvalue weighted by Gasteiger charge is -2.27. The molecule has 0 aromatic heterocycles. The molecule has 0 radical (unpaired) electrons. The molecule has 2 heterocycles. The number of aldehydes is 1. The molecule has 4 rings (SSSR count). The molecule has 0 saturated carbocycles. The van der Waals surface area contributed by atoms with Crippen LogP contribution in [-0.4, -0.2) is 61.7 Å². The number of ether oxygens (including phenoxy) is 1. The fraction of sp³-hybridized carbons (Fsp3) is 0.308. The molecular weight excluding hydrogens is 514 g/mol. The lowest BCUT2D eigenvalue weighted by molar-refractivity contribution is -0.104. The van der Waals surface area contributed by atoms with Gasteiger partial charge in [-0.3, -0.25) is 19.3 Å². The van der Waals surface area contributed by atoms with Crippen molar-refractivity contribution in [2.24, 2.45) is 16.1 Å². The maximum atomic E-state index is 12.7. The molecule has 9 nitrogen and oxygen atoms in total. The van der Waals surface area contributed by atoms with Gasteiger partial charge in [0.25, 0.3) is 11.8 Å². The van der Waals surface area contributed by atoms with E-state index in [1.165, 1.54) is 4.90 Å². The molecule has 2 aliphatic rings. The van der Waals surface area contributed by atoms with Crippen molar-refractivity contribution < 1.29 is 19.1 Å². The van der Waals surface area contributed by atoms with Crippen molar-refractivity contribution in [2.45, 2.75) is 12.3 Å². The van der Waals surface area contributed by atoms with Crippen LogP contribution in [0.4, 0.5) is 11.4 Å². The summed E-state index contributed by atoms with van der Waals surface area (Å²) in [6, 6.07) is 14.5. The van der Waals surface area contributed by atoms with Gasteiger partial charge in [-0.05, 0) is 42.8 Å². The summed E-state index contributed by atoms with van der Waals surface area (Å²) in [6.45, 7) is 3.57. The van der Waals surface area contributed by atoms with E-state index in [-0.39, 0.29) is 23.4 Å². The summed E-state index contributed by atoms with van der Waals surface area (Å²) in [6.07, 6.45) is 0.628. The lowest BCUT2D eigenvalue weighted by atomic mass is 10.1. The number of benzene rings is 2. The fourth-order valence-electron chi connectivity index (χ4n) is 4.13. The number of thioether (sulfide) groups is 1. The minimum absolute atomic E-state index is 0.199. The summed E-state index contributed by atoms with van der Waals surface area (Å²) in [7, 11) is 1.61. The largest absolute Gasteiger partial charge is 0.383 e. The molecule has 0 bridgehead atoms. The van der Waals surface area contributed by atoms with E-state index >= 15 is 0 Å². The molecule has 2 aromatic rings. The summed E-state index contributed by atoms with van der Waals surface area (Å²) in [4.78, 5) is 40.3. The van der Waals surface area contributed by atoms with Gasteiger partial charge in [0.1, 0.15) is 11.3 Å². The minimum Gasteiger partial charge on any atom is -0.383 e.